The number of benzene rings is 1. The Morgan fingerprint density at radius 1 is 1.13 bits per heavy atom. The van der Waals surface area contributed by atoms with Crippen LogP contribution in [0.3, 0.4) is 0 Å². The first-order valence-electron chi connectivity index (χ1n) is 7.18. The van der Waals surface area contributed by atoms with Gasteiger partial charge in [-0.05, 0) is 23.6 Å². The van der Waals surface area contributed by atoms with Crippen molar-refractivity contribution in [2.75, 3.05) is 11.9 Å². The first-order valence-corrected chi connectivity index (χ1v) is 8.12. The van der Waals surface area contributed by atoms with Gasteiger partial charge in [0.1, 0.15) is 0 Å². The summed E-state index contributed by atoms with van der Waals surface area (Å²) < 4.78 is 0. The number of carbonyl (C=O) groups excluding carboxylic acids is 2. The molecule has 23 heavy (non-hydrogen) atoms. The number of thiophene rings is 1. The molecule has 6 heteroatoms. The quantitative estimate of drug-likeness (QED) is 0.757. The summed E-state index contributed by atoms with van der Waals surface area (Å²) in [4.78, 5) is 28.1. The maximum absolute atomic E-state index is 12.0. The van der Waals surface area contributed by atoms with E-state index < -0.39 is 0 Å². The number of hydrogen-bond donors (Lipinski definition) is 2. The molecule has 0 radical (unpaired) electrons. The lowest BCUT2D eigenvalue weighted by Gasteiger charge is -2.08. The smallest absolute Gasteiger partial charge is 0.252 e. The molecule has 2 heterocycles. The number of aromatic nitrogens is 1. The number of nitrogens with one attached hydrogen (secondary N) is 2. The number of nitrogens with zero attached hydrogens (tertiary/aromatic N) is 1. The second-order valence-corrected chi connectivity index (χ2v) is 5.73. The fraction of sp³-hybridized carbons (Fsp3) is 0.118. The lowest BCUT2D eigenvalue weighted by molar-refractivity contribution is -0.116. The molecule has 116 valence electrons. The van der Waals surface area contributed by atoms with E-state index in [4.69, 9.17) is 0 Å². The van der Waals surface area contributed by atoms with Crippen molar-refractivity contribution in [1.82, 2.24) is 10.3 Å². The largest absolute Gasteiger partial charge is 0.351 e. The van der Waals surface area contributed by atoms with Crippen LogP contribution in [0.5, 0.6) is 0 Å². The Bertz CT molecular complexity index is 825. The topological polar surface area (TPSA) is 71.1 Å². The molecule has 0 bridgehead atoms. The number of amides is 2. The molecule has 0 spiro atoms. The highest BCUT2D eigenvalue weighted by Gasteiger charge is 2.08. The molecule has 0 saturated carbocycles. The normalized spacial score (nSPS) is 10.4. The van der Waals surface area contributed by atoms with Gasteiger partial charge in [0.25, 0.3) is 5.91 Å². The second-order valence-electron chi connectivity index (χ2n) is 4.95. The Balaban J connectivity index is 1.56. The molecule has 0 atom stereocenters. The highest BCUT2D eigenvalue weighted by atomic mass is 32.1. The Hall–Kier alpha value is -2.73. The third-order valence-corrected chi connectivity index (χ3v) is 4.01. The van der Waals surface area contributed by atoms with Crippen molar-refractivity contribution in [3.63, 3.8) is 0 Å². The van der Waals surface area contributed by atoms with Crippen LogP contribution in [0.2, 0.25) is 0 Å². The lowest BCUT2D eigenvalue weighted by atomic mass is 10.2. The Morgan fingerprint density at radius 3 is 2.83 bits per heavy atom. The number of para-hydroxylation sites is 1. The minimum Gasteiger partial charge on any atom is -0.351 e. The van der Waals surface area contributed by atoms with Gasteiger partial charge >= 0.3 is 0 Å². The number of pyridine rings is 1. The van der Waals surface area contributed by atoms with Gasteiger partial charge in [-0.15, -0.1) is 0 Å². The fourth-order valence-corrected chi connectivity index (χ4v) is 2.84. The zero-order valence-electron chi connectivity index (χ0n) is 12.3. The van der Waals surface area contributed by atoms with Crippen LogP contribution in [-0.4, -0.2) is 23.3 Å². The van der Waals surface area contributed by atoms with E-state index in [2.05, 4.69) is 15.6 Å². The van der Waals surface area contributed by atoms with E-state index in [9.17, 15) is 9.59 Å². The van der Waals surface area contributed by atoms with Crippen molar-refractivity contribution in [2.45, 2.75) is 6.42 Å². The van der Waals surface area contributed by atoms with Crippen LogP contribution in [0.15, 0.2) is 53.4 Å². The van der Waals surface area contributed by atoms with Crippen LogP contribution in [0, 0.1) is 0 Å². The second kappa shape index (κ2) is 7.02. The number of rotatable bonds is 5. The summed E-state index contributed by atoms with van der Waals surface area (Å²) >= 11 is 1.46. The first kappa shape index (κ1) is 15.2. The zero-order valence-corrected chi connectivity index (χ0v) is 13.1. The molecule has 0 aliphatic rings. The summed E-state index contributed by atoms with van der Waals surface area (Å²) in [7, 11) is 0. The molecule has 3 aromatic rings. The summed E-state index contributed by atoms with van der Waals surface area (Å²) in [6, 6.07) is 11.2. The van der Waals surface area contributed by atoms with Crippen molar-refractivity contribution in [2.24, 2.45) is 0 Å². The van der Waals surface area contributed by atoms with Gasteiger partial charge in [0.05, 0.1) is 11.2 Å². The van der Waals surface area contributed by atoms with Crippen LogP contribution in [0.1, 0.15) is 16.8 Å². The van der Waals surface area contributed by atoms with Gasteiger partial charge in [0.2, 0.25) is 5.91 Å². The predicted octanol–water partition coefficient (Wildman–Crippen LogP) is 3.05. The Labute approximate surface area is 137 Å². The van der Waals surface area contributed by atoms with Crippen molar-refractivity contribution in [1.29, 1.82) is 0 Å². The Kier molecular flexibility index (Phi) is 4.63. The van der Waals surface area contributed by atoms with Gasteiger partial charge in [-0.25, -0.2) is 0 Å². The van der Waals surface area contributed by atoms with Crippen LogP contribution in [0.4, 0.5) is 5.69 Å². The van der Waals surface area contributed by atoms with E-state index in [-0.39, 0.29) is 18.2 Å². The summed E-state index contributed by atoms with van der Waals surface area (Å²) in [6.45, 7) is 0.290. The zero-order chi connectivity index (χ0) is 16.1. The van der Waals surface area contributed by atoms with Gasteiger partial charge in [-0.3, -0.25) is 14.6 Å². The average Bonchev–Trinajstić information content (AvgIpc) is 3.10. The average molecular weight is 325 g/mol. The molecule has 0 aliphatic heterocycles. The standard InChI is InChI=1S/C17H15N3O2S/c21-15(6-9-19-17(22)13-7-10-23-11-13)20-14-5-1-3-12-4-2-8-18-16(12)14/h1-5,7-8,10-11H,6,9H2,(H,19,22)(H,20,21). The van der Waals surface area contributed by atoms with Crippen molar-refractivity contribution in [3.8, 4) is 0 Å². The van der Waals surface area contributed by atoms with Crippen molar-refractivity contribution >= 4 is 39.7 Å². The molecule has 1 aromatic carbocycles. The summed E-state index contributed by atoms with van der Waals surface area (Å²) in [5.41, 5.74) is 2.05. The molecule has 3 rings (SSSR count). The van der Waals surface area contributed by atoms with Gasteiger partial charge in [0, 0.05) is 35.5 Å². The highest BCUT2D eigenvalue weighted by molar-refractivity contribution is 7.08. The molecule has 0 fully saturated rings. The molecule has 0 aliphatic carbocycles. The Morgan fingerprint density at radius 2 is 2.00 bits per heavy atom. The molecule has 2 aromatic heterocycles. The third kappa shape index (κ3) is 3.73. The minimum absolute atomic E-state index is 0.159. The summed E-state index contributed by atoms with van der Waals surface area (Å²) in [6.07, 6.45) is 1.90. The van der Waals surface area contributed by atoms with Crippen LogP contribution in [0.25, 0.3) is 10.9 Å². The van der Waals surface area contributed by atoms with E-state index in [1.54, 1.807) is 17.6 Å². The van der Waals surface area contributed by atoms with E-state index in [1.807, 2.05) is 35.7 Å². The lowest BCUT2D eigenvalue weighted by Crippen LogP contribution is -2.27. The monoisotopic (exact) mass is 325 g/mol. The molecule has 2 N–H and O–H groups in total. The SMILES string of the molecule is O=C(CCNC(=O)c1ccsc1)Nc1cccc2cccnc12. The van der Waals surface area contributed by atoms with E-state index >= 15 is 0 Å². The van der Waals surface area contributed by atoms with E-state index in [1.165, 1.54) is 11.3 Å². The predicted molar refractivity (Wildman–Crippen MR) is 91.6 cm³/mol. The maximum atomic E-state index is 12.0. The fourth-order valence-electron chi connectivity index (χ4n) is 2.20. The van der Waals surface area contributed by atoms with Gasteiger partial charge in [0.15, 0.2) is 0 Å². The van der Waals surface area contributed by atoms with Crippen molar-refractivity contribution in [3.05, 3.63) is 58.9 Å². The molecule has 2 amide bonds. The minimum atomic E-state index is -0.161. The third-order valence-electron chi connectivity index (χ3n) is 3.33. The van der Waals surface area contributed by atoms with Crippen LogP contribution in [-0.2, 0) is 4.79 Å². The van der Waals surface area contributed by atoms with E-state index in [0.717, 1.165) is 10.9 Å². The number of fused-ring (bicyclic) bond motifs is 1. The molecule has 5 nitrogen and oxygen atoms in total. The number of carbonyl (C=O) groups is 2. The molecule has 0 saturated heterocycles. The summed E-state index contributed by atoms with van der Waals surface area (Å²) in [5.74, 6) is -0.320. The van der Waals surface area contributed by atoms with Gasteiger partial charge in [-0.2, -0.15) is 11.3 Å². The molecular formula is C17H15N3O2S. The van der Waals surface area contributed by atoms with E-state index in [0.29, 0.717) is 17.8 Å². The number of hydrogen-bond acceptors (Lipinski definition) is 4. The number of anilines is 1. The first-order chi connectivity index (χ1) is 11.2. The van der Waals surface area contributed by atoms with Crippen LogP contribution >= 0.6 is 11.3 Å². The van der Waals surface area contributed by atoms with Crippen LogP contribution < -0.4 is 10.6 Å². The molecular weight excluding hydrogens is 310 g/mol. The summed E-state index contributed by atoms with van der Waals surface area (Å²) in [5, 5.41) is 10.2. The van der Waals surface area contributed by atoms with Gasteiger partial charge in [-0.1, -0.05) is 18.2 Å². The highest BCUT2D eigenvalue weighted by Crippen LogP contribution is 2.20. The molecule has 0 unspecified atom stereocenters. The van der Waals surface area contributed by atoms with Crippen molar-refractivity contribution < 1.29 is 9.59 Å². The maximum Gasteiger partial charge on any atom is 0.252 e. The van der Waals surface area contributed by atoms with Gasteiger partial charge < -0.3 is 10.6 Å².